The second kappa shape index (κ2) is 5.01. The Balaban J connectivity index is 2.24. The number of rotatable bonds is 2. The molecule has 0 fully saturated rings. The number of aromatic amines is 1. The minimum Gasteiger partial charge on any atom is -0.319 e. The van der Waals surface area contributed by atoms with Crippen molar-refractivity contribution in [3.8, 4) is 0 Å². The van der Waals surface area contributed by atoms with Crippen LogP contribution in [0.2, 0.25) is 5.02 Å². The van der Waals surface area contributed by atoms with Crippen molar-refractivity contribution >= 4 is 23.2 Å². The lowest BCUT2D eigenvalue weighted by atomic mass is 10.3. The number of anilines is 1. The Hall–Kier alpha value is -2.14. The maximum absolute atomic E-state index is 12.8. The van der Waals surface area contributed by atoms with Crippen LogP contribution in [-0.2, 0) is 0 Å². The van der Waals surface area contributed by atoms with Gasteiger partial charge in [0.25, 0.3) is 5.91 Å². The van der Waals surface area contributed by atoms with E-state index in [4.69, 9.17) is 11.6 Å². The molecule has 0 aliphatic heterocycles. The van der Waals surface area contributed by atoms with Gasteiger partial charge in [0, 0.05) is 6.07 Å². The molecule has 0 aliphatic carbocycles. The van der Waals surface area contributed by atoms with Gasteiger partial charge in [0.05, 0.1) is 10.7 Å². The number of nitrogens with one attached hydrogen (secondary N) is 2. The second-order valence-corrected chi connectivity index (χ2v) is 3.91. The molecule has 4 nitrogen and oxygen atoms in total. The average molecular weight is 267 g/mol. The Morgan fingerprint density at radius 2 is 2.06 bits per heavy atom. The second-order valence-electron chi connectivity index (χ2n) is 3.51. The normalized spacial score (nSPS) is 10.1. The van der Waals surface area contributed by atoms with Crippen LogP contribution in [0.3, 0.4) is 0 Å². The molecular formula is C12H8ClFN2O2. The topological polar surface area (TPSA) is 62.0 Å². The molecule has 6 heteroatoms. The van der Waals surface area contributed by atoms with E-state index >= 15 is 0 Å². The van der Waals surface area contributed by atoms with E-state index in [0.717, 1.165) is 6.07 Å². The van der Waals surface area contributed by atoms with Crippen molar-refractivity contribution in [2.24, 2.45) is 0 Å². The van der Waals surface area contributed by atoms with E-state index in [1.165, 1.54) is 30.3 Å². The Morgan fingerprint density at radius 1 is 1.28 bits per heavy atom. The third-order valence-electron chi connectivity index (χ3n) is 2.19. The number of halogens is 2. The van der Waals surface area contributed by atoms with Crippen molar-refractivity contribution in [3.05, 3.63) is 63.3 Å². The summed E-state index contributed by atoms with van der Waals surface area (Å²) in [6.45, 7) is 0. The summed E-state index contributed by atoms with van der Waals surface area (Å²) in [5, 5.41) is 2.56. The summed E-state index contributed by atoms with van der Waals surface area (Å²) in [5.74, 6) is -1.02. The molecule has 1 aromatic carbocycles. The van der Waals surface area contributed by atoms with E-state index < -0.39 is 11.7 Å². The van der Waals surface area contributed by atoms with Crippen LogP contribution in [0.5, 0.6) is 0 Å². The fourth-order valence-corrected chi connectivity index (χ4v) is 1.58. The monoisotopic (exact) mass is 266 g/mol. The van der Waals surface area contributed by atoms with Crippen molar-refractivity contribution in [3.63, 3.8) is 0 Å². The smallest absolute Gasteiger partial charge is 0.272 e. The highest BCUT2D eigenvalue weighted by Crippen LogP contribution is 2.22. The Labute approximate surface area is 106 Å². The third kappa shape index (κ3) is 2.75. The van der Waals surface area contributed by atoms with Crippen molar-refractivity contribution < 1.29 is 9.18 Å². The van der Waals surface area contributed by atoms with Crippen LogP contribution in [0.25, 0.3) is 0 Å². The summed E-state index contributed by atoms with van der Waals surface area (Å²) in [6.07, 6.45) is 0. The number of carbonyl (C=O) groups is 1. The quantitative estimate of drug-likeness (QED) is 0.877. The molecule has 1 aromatic heterocycles. The van der Waals surface area contributed by atoms with E-state index in [0.29, 0.717) is 0 Å². The number of hydrogen-bond donors (Lipinski definition) is 2. The average Bonchev–Trinajstić information content (AvgIpc) is 2.32. The van der Waals surface area contributed by atoms with E-state index in [-0.39, 0.29) is 22.0 Å². The van der Waals surface area contributed by atoms with E-state index in [9.17, 15) is 14.0 Å². The molecule has 0 saturated heterocycles. The number of H-pyrrole nitrogens is 1. The summed E-state index contributed by atoms with van der Waals surface area (Å²) in [4.78, 5) is 25.2. The predicted molar refractivity (Wildman–Crippen MR) is 66.4 cm³/mol. The minimum atomic E-state index is -0.527. The molecule has 0 atom stereocenters. The minimum absolute atomic E-state index is 0.0848. The molecule has 0 radical (unpaired) electrons. The number of aromatic nitrogens is 1. The lowest BCUT2D eigenvalue weighted by Gasteiger charge is -2.06. The Morgan fingerprint density at radius 3 is 2.72 bits per heavy atom. The van der Waals surface area contributed by atoms with Gasteiger partial charge in [-0.1, -0.05) is 17.7 Å². The molecule has 92 valence electrons. The molecule has 0 saturated carbocycles. The number of carbonyl (C=O) groups excluding carboxylic acids is 1. The lowest BCUT2D eigenvalue weighted by molar-refractivity contribution is 0.102. The number of hydrogen-bond acceptors (Lipinski definition) is 2. The van der Waals surface area contributed by atoms with E-state index in [1.807, 2.05) is 0 Å². The summed E-state index contributed by atoms with van der Waals surface area (Å²) >= 11 is 5.77. The highest BCUT2D eigenvalue weighted by molar-refractivity contribution is 6.33. The van der Waals surface area contributed by atoms with Gasteiger partial charge in [0.2, 0.25) is 5.56 Å². The standard InChI is InChI=1S/C12H8ClFN2O2/c13-8-6-7(14)4-5-9(8)16-12(18)10-2-1-3-11(17)15-10/h1-6H,(H,15,17)(H,16,18). The van der Waals surface area contributed by atoms with Crippen LogP contribution < -0.4 is 10.9 Å². The van der Waals surface area contributed by atoms with Crippen LogP contribution in [-0.4, -0.2) is 10.9 Å². The SMILES string of the molecule is O=C(Nc1ccc(F)cc1Cl)c1cccc(=O)[nH]1. The van der Waals surface area contributed by atoms with Crippen LogP contribution >= 0.6 is 11.6 Å². The molecule has 18 heavy (non-hydrogen) atoms. The van der Waals surface area contributed by atoms with Gasteiger partial charge < -0.3 is 10.3 Å². The van der Waals surface area contributed by atoms with Gasteiger partial charge in [-0.05, 0) is 24.3 Å². The lowest BCUT2D eigenvalue weighted by Crippen LogP contribution is -2.18. The number of pyridine rings is 1. The van der Waals surface area contributed by atoms with Crippen LogP contribution in [0.4, 0.5) is 10.1 Å². The predicted octanol–water partition coefficient (Wildman–Crippen LogP) is 2.42. The molecular weight excluding hydrogens is 259 g/mol. The van der Waals surface area contributed by atoms with Crippen LogP contribution in [0, 0.1) is 5.82 Å². The number of amides is 1. The summed E-state index contributed by atoms with van der Waals surface area (Å²) < 4.78 is 12.8. The summed E-state index contributed by atoms with van der Waals surface area (Å²) in [5.41, 5.74) is -0.0106. The molecule has 2 N–H and O–H groups in total. The molecule has 0 bridgehead atoms. The molecule has 2 rings (SSSR count). The molecule has 0 unspecified atom stereocenters. The molecule has 2 aromatic rings. The van der Waals surface area contributed by atoms with Gasteiger partial charge in [-0.25, -0.2) is 4.39 Å². The van der Waals surface area contributed by atoms with Crippen molar-refractivity contribution in [2.45, 2.75) is 0 Å². The first-order valence-corrected chi connectivity index (χ1v) is 5.40. The molecule has 1 heterocycles. The van der Waals surface area contributed by atoms with Gasteiger partial charge in [0.1, 0.15) is 11.5 Å². The van der Waals surface area contributed by atoms with E-state index in [1.54, 1.807) is 0 Å². The Kier molecular flexibility index (Phi) is 3.43. The molecule has 0 spiro atoms. The zero-order valence-corrected chi connectivity index (χ0v) is 9.79. The van der Waals surface area contributed by atoms with Gasteiger partial charge in [-0.15, -0.1) is 0 Å². The van der Waals surface area contributed by atoms with Gasteiger partial charge >= 0.3 is 0 Å². The highest BCUT2D eigenvalue weighted by atomic mass is 35.5. The maximum Gasteiger partial charge on any atom is 0.272 e. The van der Waals surface area contributed by atoms with Crippen molar-refractivity contribution in [2.75, 3.05) is 5.32 Å². The maximum atomic E-state index is 12.8. The highest BCUT2D eigenvalue weighted by Gasteiger charge is 2.09. The van der Waals surface area contributed by atoms with Gasteiger partial charge in [0.15, 0.2) is 0 Å². The Bertz CT molecular complexity index is 655. The van der Waals surface area contributed by atoms with E-state index in [2.05, 4.69) is 10.3 Å². The fraction of sp³-hybridized carbons (Fsp3) is 0. The number of benzene rings is 1. The first-order valence-electron chi connectivity index (χ1n) is 5.02. The fourth-order valence-electron chi connectivity index (χ4n) is 1.36. The third-order valence-corrected chi connectivity index (χ3v) is 2.51. The molecule has 1 amide bonds. The zero-order valence-electron chi connectivity index (χ0n) is 9.04. The van der Waals surface area contributed by atoms with Crippen LogP contribution in [0.1, 0.15) is 10.5 Å². The van der Waals surface area contributed by atoms with Crippen LogP contribution in [0.15, 0.2) is 41.2 Å². The summed E-state index contributed by atoms with van der Waals surface area (Å²) in [7, 11) is 0. The zero-order chi connectivity index (χ0) is 13.1. The van der Waals surface area contributed by atoms with Gasteiger partial charge in [-0.3, -0.25) is 9.59 Å². The largest absolute Gasteiger partial charge is 0.319 e. The molecule has 0 aliphatic rings. The first kappa shape index (κ1) is 12.3. The van der Waals surface area contributed by atoms with Gasteiger partial charge in [-0.2, -0.15) is 0 Å². The van der Waals surface area contributed by atoms with Crippen molar-refractivity contribution in [1.29, 1.82) is 0 Å². The van der Waals surface area contributed by atoms with Crippen molar-refractivity contribution in [1.82, 2.24) is 4.98 Å². The first-order chi connectivity index (χ1) is 8.56. The summed E-state index contributed by atoms with van der Waals surface area (Å²) in [6, 6.07) is 7.81.